The zero-order valence-electron chi connectivity index (χ0n) is 18.6. The Labute approximate surface area is 193 Å². The van der Waals surface area contributed by atoms with Crippen molar-refractivity contribution in [3.8, 4) is 0 Å². The molecule has 0 bridgehead atoms. The molecule has 0 aliphatic carbocycles. The zero-order valence-corrected chi connectivity index (χ0v) is 19.5. The lowest BCUT2D eigenvalue weighted by Crippen LogP contribution is -2.37. The molecule has 2 aliphatic heterocycles. The van der Waals surface area contributed by atoms with Gasteiger partial charge in [0, 0.05) is 38.2 Å². The van der Waals surface area contributed by atoms with Crippen LogP contribution in [0.25, 0.3) is 0 Å². The molecule has 1 saturated heterocycles. The second-order valence-corrected chi connectivity index (χ2v) is 10.3. The molecule has 2 heterocycles. The molecule has 0 aromatic heterocycles. The smallest absolute Gasteiger partial charge is 0.261 e. The molecular formula is C24H28FN3O4S. The molecule has 0 radical (unpaired) electrons. The fraction of sp³-hybridized carbons (Fsp3) is 0.417. The van der Waals surface area contributed by atoms with Crippen LogP contribution in [0.4, 0.5) is 15.8 Å². The number of sulfonamides is 1. The van der Waals surface area contributed by atoms with Crippen molar-refractivity contribution in [2.45, 2.75) is 50.3 Å². The molecule has 7 nitrogen and oxygen atoms in total. The maximum atomic E-state index is 13.8. The first-order valence-electron chi connectivity index (χ1n) is 11.2. The van der Waals surface area contributed by atoms with Crippen LogP contribution in [0.2, 0.25) is 0 Å². The molecule has 2 amide bonds. The van der Waals surface area contributed by atoms with Gasteiger partial charge in [0.05, 0.1) is 10.6 Å². The molecule has 4 rings (SSSR count). The summed E-state index contributed by atoms with van der Waals surface area (Å²) in [6.45, 7) is 3.58. The van der Waals surface area contributed by atoms with Crippen molar-refractivity contribution in [2.24, 2.45) is 0 Å². The monoisotopic (exact) mass is 473 g/mol. The number of piperidine rings is 1. The van der Waals surface area contributed by atoms with Gasteiger partial charge in [0.25, 0.3) is 10.0 Å². The summed E-state index contributed by atoms with van der Waals surface area (Å²) in [5.41, 5.74) is 2.00. The van der Waals surface area contributed by atoms with Crippen LogP contribution < -0.4 is 9.62 Å². The Morgan fingerprint density at radius 2 is 1.70 bits per heavy atom. The Hall–Kier alpha value is -2.94. The van der Waals surface area contributed by atoms with Gasteiger partial charge in [-0.05, 0) is 74.1 Å². The second kappa shape index (κ2) is 9.51. The number of carbonyl (C=O) groups is 2. The lowest BCUT2D eigenvalue weighted by atomic mass is 10.1. The van der Waals surface area contributed by atoms with E-state index >= 15 is 0 Å². The Kier molecular flexibility index (Phi) is 6.69. The number of nitrogens with zero attached hydrogens (tertiary/aromatic N) is 2. The minimum Gasteiger partial charge on any atom is -0.343 e. The number of nitrogens with one attached hydrogen (secondary N) is 1. The van der Waals surface area contributed by atoms with E-state index in [4.69, 9.17) is 0 Å². The SMILES string of the molecule is Cc1ccc(NS(=O)(=O)c2ccc3c(c2)CCN3C(=O)CCC(=O)N2CCCCC2)cc1F. The number of amides is 2. The van der Waals surface area contributed by atoms with Gasteiger partial charge in [-0.2, -0.15) is 0 Å². The van der Waals surface area contributed by atoms with E-state index in [1.54, 1.807) is 24.0 Å². The highest BCUT2D eigenvalue weighted by molar-refractivity contribution is 7.92. The van der Waals surface area contributed by atoms with E-state index in [9.17, 15) is 22.4 Å². The average Bonchev–Trinajstić information content (AvgIpc) is 3.23. The van der Waals surface area contributed by atoms with Gasteiger partial charge in [-0.1, -0.05) is 6.07 Å². The second-order valence-electron chi connectivity index (χ2n) is 8.60. The summed E-state index contributed by atoms with van der Waals surface area (Å²) >= 11 is 0. The summed E-state index contributed by atoms with van der Waals surface area (Å²) in [5.74, 6) is -0.609. The largest absolute Gasteiger partial charge is 0.343 e. The summed E-state index contributed by atoms with van der Waals surface area (Å²) < 4.78 is 41.7. The van der Waals surface area contributed by atoms with Crippen molar-refractivity contribution in [1.82, 2.24) is 4.90 Å². The Balaban J connectivity index is 1.42. The zero-order chi connectivity index (χ0) is 23.6. The fourth-order valence-corrected chi connectivity index (χ4v) is 5.42. The van der Waals surface area contributed by atoms with Gasteiger partial charge >= 0.3 is 0 Å². The minimum atomic E-state index is -3.91. The van der Waals surface area contributed by atoms with Gasteiger partial charge in [0.2, 0.25) is 11.8 Å². The number of halogens is 1. The molecule has 9 heteroatoms. The minimum absolute atomic E-state index is 0.0162. The van der Waals surface area contributed by atoms with E-state index in [1.165, 1.54) is 18.2 Å². The molecule has 0 unspecified atom stereocenters. The summed E-state index contributed by atoms with van der Waals surface area (Å²) in [4.78, 5) is 28.6. The Morgan fingerprint density at radius 3 is 2.42 bits per heavy atom. The molecule has 2 aromatic carbocycles. The number of benzene rings is 2. The molecule has 2 aliphatic rings. The normalized spacial score (nSPS) is 15.9. The number of hydrogen-bond acceptors (Lipinski definition) is 4. The van der Waals surface area contributed by atoms with Crippen molar-refractivity contribution in [3.05, 3.63) is 53.3 Å². The van der Waals surface area contributed by atoms with Gasteiger partial charge in [-0.25, -0.2) is 12.8 Å². The van der Waals surface area contributed by atoms with Crippen LogP contribution in [0.15, 0.2) is 41.3 Å². The highest BCUT2D eigenvalue weighted by atomic mass is 32.2. The molecule has 0 atom stereocenters. The van der Waals surface area contributed by atoms with E-state index in [2.05, 4.69) is 4.72 Å². The van der Waals surface area contributed by atoms with E-state index in [-0.39, 0.29) is 35.2 Å². The highest BCUT2D eigenvalue weighted by Gasteiger charge is 2.27. The first-order chi connectivity index (χ1) is 15.7. The van der Waals surface area contributed by atoms with Gasteiger partial charge < -0.3 is 9.80 Å². The first-order valence-corrected chi connectivity index (χ1v) is 12.7. The molecule has 1 N–H and O–H groups in total. The van der Waals surface area contributed by atoms with Gasteiger partial charge in [-0.15, -0.1) is 0 Å². The summed E-state index contributed by atoms with van der Waals surface area (Å²) in [6.07, 6.45) is 4.02. The molecule has 176 valence electrons. The van der Waals surface area contributed by atoms with E-state index < -0.39 is 15.8 Å². The quantitative estimate of drug-likeness (QED) is 0.694. The Bertz CT molecular complexity index is 1180. The van der Waals surface area contributed by atoms with Gasteiger partial charge in [-0.3, -0.25) is 14.3 Å². The predicted octanol–water partition coefficient (Wildman–Crippen LogP) is 3.62. The molecule has 0 spiro atoms. The summed E-state index contributed by atoms with van der Waals surface area (Å²) in [7, 11) is -3.91. The third kappa shape index (κ3) is 5.19. The van der Waals surface area contributed by atoms with E-state index in [0.29, 0.717) is 24.2 Å². The maximum Gasteiger partial charge on any atom is 0.261 e. The first kappa shape index (κ1) is 23.2. The summed E-state index contributed by atoms with van der Waals surface area (Å²) in [5, 5.41) is 0. The summed E-state index contributed by atoms with van der Waals surface area (Å²) in [6, 6.07) is 8.78. The van der Waals surface area contributed by atoms with Crippen LogP contribution in [0.1, 0.15) is 43.2 Å². The van der Waals surface area contributed by atoms with Crippen LogP contribution in [0, 0.1) is 12.7 Å². The average molecular weight is 474 g/mol. The molecule has 1 fully saturated rings. The number of fused-ring (bicyclic) bond motifs is 1. The van der Waals surface area contributed by atoms with Crippen LogP contribution in [-0.4, -0.2) is 44.8 Å². The number of likely N-dealkylation sites (tertiary alicyclic amines) is 1. The number of rotatable bonds is 6. The van der Waals surface area contributed by atoms with Gasteiger partial charge in [0.15, 0.2) is 0 Å². The van der Waals surface area contributed by atoms with Crippen molar-refractivity contribution in [1.29, 1.82) is 0 Å². The lowest BCUT2D eigenvalue weighted by Gasteiger charge is -2.27. The molecule has 2 aromatic rings. The van der Waals surface area contributed by atoms with Crippen molar-refractivity contribution in [3.63, 3.8) is 0 Å². The lowest BCUT2D eigenvalue weighted by molar-refractivity contribution is -0.133. The van der Waals surface area contributed by atoms with Gasteiger partial charge in [0.1, 0.15) is 5.82 Å². The van der Waals surface area contributed by atoms with Crippen molar-refractivity contribution >= 4 is 33.2 Å². The molecule has 0 saturated carbocycles. The highest BCUT2D eigenvalue weighted by Crippen LogP contribution is 2.31. The van der Waals surface area contributed by atoms with Crippen LogP contribution in [-0.2, 0) is 26.0 Å². The molecule has 33 heavy (non-hydrogen) atoms. The number of carbonyl (C=O) groups excluding carboxylic acids is 2. The third-order valence-corrected chi connectivity index (χ3v) is 7.62. The molecular weight excluding hydrogens is 445 g/mol. The number of aryl methyl sites for hydroxylation is 1. The van der Waals surface area contributed by atoms with Crippen molar-refractivity contribution in [2.75, 3.05) is 29.3 Å². The van der Waals surface area contributed by atoms with Crippen LogP contribution >= 0.6 is 0 Å². The van der Waals surface area contributed by atoms with E-state index in [0.717, 1.165) is 44.0 Å². The van der Waals surface area contributed by atoms with Crippen molar-refractivity contribution < 1.29 is 22.4 Å². The topological polar surface area (TPSA) is 86.8 Å². The fourth-order valence-electron chi connectivity index (χ4n) is 4.33. The standard InChI is InChI=1S/C24H28FN3O4S/c1-17-5-6-19(16-21(17)25)26-33(31,32)20-7-8-22-18(15-20)11-14-28(22)24(30)10-9-23(29)27-12-3-2-4-13-27/h5-8,15-16,26H,2-4,9-14H2,1H3. The third-order valence-electron chi connectivity index (χ3n) is 6.24. The predicted molar refractivity (Wildman–Crippen MR) is 124 cm³/mol. The van der Waals surface area contributed by atoms with Crippen LogP contribution in [0.3, 0.4) is 0 Å². The Morgan fingerprint density at radius 1 is 0.970 bits per heavy atom. The van der Waals surface area contributed by atoms with Crippen LogP contribution in [0.5, 0.6) is 0 Å². The number of anilines is 2. The number of hydrogen-bond donors (Lipinski definition) is 1. The maximum absolute atomic E-state index is 13.8. The van der Waals surface area contributed by atoms with E-state index in [1.807, 2.05) is 4.90 Å².